The molecular weight excluding hydrogens is 891 g/mol. The molecule has 0 spiro atoms. The SMILES string of the molecule is c1ccc(C2(c3ccccc3)c3ccccc3-c3cccc(-c4ccc(N(c5ccccc5-c5cccc6c5oc5c7ccccc7ccc65)c5cccc6c5sc5c7ccccc7ccc65)cc4)c32)cc1. The molecular formula is C69H43NOS. The minimum atomic E-state index is -0.528. The molecule has 0 saturated heterocycles. The average molecular weight is 934 g/mol. The third kappa shape index (κ3) is 5.89. The Morgan fingerprint density at radius 1 is 0.319 bits per heavy atom. The second-order valence-electron chi connectivity index (χ2n) is 19.0. The third-order valence-corrected chi connectivity index (χ3v) is 16.6. The summed E-state index contributed by atoms with van der Waals surface area (Å²) in [6, 6.07) is 96.0. The Morgan fingerprint density at radius 3 is 1.64 bits per heavy atom. The lowest BCUT2D eigenvalue weighted by Crippen LogP contribution is -2.29. The molecule has 0 N–H and O–H groups in total. The van der Waals surface area contributed by atoms with Gasteiger partial charge in [0.15, 0.2) is 0 Å². The van der Waals surface area contributed by atoms with Gasteiger partial charge in [0.2, 0.25) is 0 Å². The molecule has 3 heteroatoms. The van der Waals surface area contributed by atoms with Gasteiger partial charge in [0.1, 0.15) is 11.2 Å². The second-order valence-corrected chi connectivity index (χ2v) is 20.0. The topological polar surface area (TPSA) is 16.4 Å². The molecule has 2 nitrogen and oxygen atoms in total. The smallest absolute Gasteiger partial charge is 0.143 e. The first kappa shape index (κ1) is 40.8. The van der Waals surface area contributed by atoms with E-state index in [9.17, 15) is 0 Å². The highest BCUT2D eigenvalue weighted by molar-refractivity contribution is 7.27. The van der Waals surface area contributed by atoms with E-state index in [2.05, 4.69) is 266 Å². The highest BCUT2D eigenvalue weighted by Crippen LogP contribution is 2.59. The van der Waals surface area contributed by atoms with Crippen LogP contribution in [0.25, 0.3) is 97.0 Å². The van der Waals surface area contributed by atoms with Crippen molar-refractivity contribution in [3.63, 3.8) is 0 Å². The number of thiophene rings is 1. The van der Waals surface area contributed by atoms with Gasteiger partial charge in [-0.25, -0.2) is 0 Å². The quantitative estimate of drug-likeness (QED) is 0.158. The van der Waals surface area contributed by atoms with Crippen LogP contribution in [0.5, 0.6) is 0 Å². The zero-order valence-electron chi connectivity index (χ0n) is 39.1. The summed E-state index contributed by atoms with van der Waals surface area (Å²) in [5.41, 5.74) is 16.7. The molecule has 0 aliphatic heterocycles. The molecule has 1 aliphatic carbocycles. The molecule has 0 fully saturated rings. The Bertz CT molecular complexity index is 4410. The molecule has 72 heavy (non-hydrogen) atoms. The molecule has 0 saturated carbocycles. The monoisotopic (exact) mass is 933 g/mol. The fraction of sp³-hybridized carbons (Fsp3) is 0.0145. The molecule has 12 aromatic carbocycles. The Kier molecular flexibility index (Phi) is 9.08. The lowest BCUT2D eigenvalue weighted by atomic mass is 9.66. The number of rotatable bonds is 7. The summed E-state index contributed by atoms with van der Waals surface area (Å²) in [5.74, 6) is 0. The summed E-state index contributed by atoms with van der Waals surface area (Å²) >= 11 is 1.89. The number of para-hydroxylation sites is 2. The van der Waals surface area contributed by atoms with Gasteiger partial charge < -0.3 is 9.32 Å². The van der Waals surface area contributed by atoms with Crippen molar-refractivity contribution in [1.82, 2.24) is 0 Å². The van der Waals surface area contributed by atoms with Gasteiger partial charge >= 0.3 is 0 Å². The maximum absolute atomic E-state index is 7.04. The normalized spacial score (nSPS) is 12.8. The van der Waals surface area contributed by atoms with E-state index in [-0.39, 0.29) is 0 Å². The Balaban J connectivity index is 0.963. The predicted molar refractivity (Wildman–Crippen MR) is 304 cm³/mol. The highest BCUT2D eigenvalue weighted by atomic mass is 32.1. The van der Waals surface area contributed by atoms with Crippen molar-refractivity contribution in [2.24, 2.45) is 0 Å². The van der Waals surface area contributed by atoms with E-state index >= 15 is 0 Å². The standard InChI is InChI=1S/C69H43NOS/c1-3-20-47(21-4-1)69(48-22-5-2-6-23-48)61-33-13-11-26-53(61)55-29-15-28-50(64(55)69)46-36-40-49(41-37-46)70(63-35-17-32-59-60-43-39-45-19-8-10-25-52(45)67(60)72-68(59)63)62-34-14-12-27-54(62)56-30-16-31-57-58-42-38-44-18-7-9-24-51(44)65(58)71-66(56)57/h1-43H. The molecule has 2 aromatic heterocycles. The zero-order chi connectivity index (χ0) is 47.3. The first-order valence-electron chi connectivity index (χ1n) is 24.7. The maximum Gasteiger partial charge on any atom is 0.143 e. The van der Waals surface area contributed by atoms with Crippen molar-refractivity contribution in [2.75, 3.05) is 4.90 Å². The molecule has 15 rings (SSSR count). The molecule has 0 amide bonds. The number of anilines is 3. The largest absolute Gasteiger partial charge is 0.455 e. The zero-order valence-corrected chi connectivity index (χ0v) is 39.9. The average Bonchev–Trinajstić information content (AvgIpc) is 4.14. The van der Waals surface area contributed by atoms with Crippen LogP contribution < -0.4 is 4.90 Å². The first-order valence-corrected chi connectivity index (χ1v) is 25.6. The molecule has 0 radical (unpaired) electrons. The number of fused-ring (bicyclic) bond motifs is 13. The van der Waals surface area contributed by atoms with Crippen LogP contribution in [0, 0.1) is 0 Å². The second kappa shape index (κ2) is 16.0. The van der Waals surface area contributed by atoms with E-state index in [1.54, 1.807) is 0 Å². The van der Waals surface area contributed by atoms with Gasteiger partial charge in [0, 0.05) is 48.4 Å². The van der Waals surface area contributed by atoms with E-state index < -0.39 is 5.41 Å². The Hall–Kier alpha value is -9.02. The van der Waals surface area contributed by atoms with Crippen LogP contribution in [-0.2, 0) is 5.41 Å². The molecule has 0 unspecified atom stereocenters. The fourth-order valence-electron chi connectivity index (χ4n) is 12.3. The molecule has 0 atom stereocenters. The summed E-state index contributed by atoms with van der Waals surface area (Å²) in [4.78, 5) is 2.49. The molecule has 336 valence electrons. The van der Waals surface area contributed by atoms with Gasteiger partial charge in [-0.1, -0.05) is 231 Å². The van der Waals surface area contributed by atoms with Gasteiger partial charge in [-0.3, -0.25) is 0 Å². The lowest BCUT2D eigenvalue weighted by molar-refractivity contribution is 0.674. The minimum absolute atomic E-state index is 0.528. The van der Waals surface area contributed by atoms with Crippen LogP contribution in [0.15, 0.2) is 265 Å². The van der Waals surface area contributed by atoms with E-state index in [1.165, 1.54) is 80.8 Å². The van der Waals surface area contributed by atoms with Gasteiger partial charge in [-0.2, -0.15) is 0 Å². The summed E-state index contributed by atoms with van der Waals surface area (Å²) in [7, 11) is 0. The number of nitrogens with zero attached hydrogens (tertiary/aromatic N) is 1. The van der Waals surface area contributed by atoms with E-state index in [1.807, 2.05) is 11.3 Å². The van der Waals surface area contributed by atoms with Crippen LogP contribution >= 0.6 is 11.3 Å². The van der Waals surface area contributed by atoms with Crippen molar-refractivity contribution in [3.8, 4) is 33.4 Å². The van der Waals surface area contributed by atoms with E-state index in [0.717, 1.165) is 55.5 Å². The molecule has 2 heterocycles. The Labute approximate surface area is 420 Å². The van der Waals surface area contributed by atoms with Crippen LogP contribution in [0.1, 0.15) is 22.3 Å². The van der Waals surface area contributed by atoms with E-state index in [0.29, 0.717) is 0 Å². The van der Waals surface area contributed by atoms with Crippen LogP contribution in [0.4, 0.5) is 17.1 Å². The summed E-state index contributed by atoms with van der Waals surface area (Å²) in [6.45, 7) is 0. The van der Waals surface area contributed by atoms with Crippen molar-refractivity contribution >= 4 is 92.1 Å². The number of furan rings is 1. The summed E-state index contributed by atoms with van der Waals surface area (Å²) in [6.07, 6.45) is 0. The Morgan fingerprint density at radius 2 is 0.847 bits per heavy atom. The van der Waals surface area contributed by atoms with Gasteiger partial charge in [-0.05, 0) is 91.0 Å². The summed E-state index contributed by atoms with van der Waals surface area (Å²) in [5, 5.41) is 9.57. The third-order valence-electron chi connectivity index (χ3n) is 15.3. The van der Waals surface area contributed by atoms with Crippen molar-refractivity contribution < 1.29 is 4.42 Å². The molecule has 0 bridgehead atoms. The van der Waals surface area contributed by atoms with Crippen LogP contribution in [0.3, 0.4) is 0 Å². The lowest BCUT2D eigenvalue weighted by Gasteiger charge is -2.35. The van der Waals surface area contributed by atoms with Crippen molar-refractivity contribution in [3.05, 3.63) is 283 Å². The van der Waals surface area contributed by atoms with Crippen LogP contribution in [-0.4, -0.2) is 0 Å². The molecule has 14 aromatic rings. The van der Waals surface area contributed by atoms with Crippen molar-refractivity contribution in [2.45, 2.75) is 5.41 Å². The highest BCUT2D eigenvalue weighted by Gasteiger charge is 2.47. The molecule has 1 aliphatic rings. The van der Waals surface area contributed by atoms with E-state index in [4.69, 9.17) is 4.42 Å². The van der Waals surface area contributed by atoms with Gasteiger partial charge in [0.05, 0.1) is 21.5 Å². The first-order chi connectivity index (χ1) is 35.7. The number of benzene rings is 12. The van der Waals surface area contributed by atoms with Gasteiger partial charge in [0.25, 0.3) is 0 Å². The number of hydrogen-bond acceptors (Lipinski definition) is 3. The number of hydrogen-bond donors (Lipinski definition) is 0. The predicted octanol–water partition coefficient (Wildman–Crippen LogP) is 19.4. The minimum Gasteiger partial charge on any atom is -0.455 e. The van der Waals surface area contributed by atoms with Crippen LogP contribution in [0.2, 0.25) is 0 Å². The summed E-state index contributed by atoms with van der Waals surface area (Å²) < 4.78 is 9.58. The van der Waals surface area contributed by atoms with Gasteiger partial charge in [-0.15, -0.1) is 11.3 Å². The maximum atomic E-state index is 7.04. The fourth-order valence-corrected chi connectivity index (χ4v) is 13.6. The van der Waals surface area contributed by atoms with Crippen molar-refractivity contribution in [1.29, 1.82) is 0 Å².